The molecule has 0 aromatic heterocycles. The topological polar surface area (TPSA) is 29.5 Å². The zero-order valence-corrected chi connectivity index (χ0v) is 6.75. The van der Waals surface area contributed by atoms with E-state index in [-0.39, 0.29) is 12.0 Å². The van der Waals surface area contributed by atoms with Gasteiger partial charge in [-0.3, -0.25) is 9.69 Å². The van der Waals surface area contributed by atoms with Gasteiger partial charge in [0.2, 0.25) is 0 Å². The highest BCUT2D eigenvalue weighted by Crippen LogP contribution is 2.33. The molecule has 2 unspecified atom stereocenters. The molecule has 2 saturated heterocycles. The van der Waals surface area contributed by atoms with Gasteiger partial charge in [0.1, 0.15) is 6.04 Å². The quantitative estimate of drug-likeness (QED) is 0.513. The zero-order chi connectivity index (χ0) is 7.84. The molecule has 2 heterocycles. The van der Waals surface area contributed by atoms with Crippen molar-refractivity contribution in [3.05, 3.63) is 0 Å². The Balaban J connectivity index is 2.00. The van der Waals surface area contributed by atoms with E-state index in [0.717, 1.165) is 13.0 Å². The number of ether oxygens (including phenoxy) is 1. The van der Waals surface area contributed by atoms with Gasteiger partial charge in [-0.15, -0.1) is 0 Å². The van der Waals surface area contributed by atoms with E-state index in [4.69, 9.17) is 4.74 Å². The molecule has 0 radical (unpaired) electrons. The number of carbonyl (C=O) groups excluding carboxylic acids is 1. The van der Waals surface area contributed by atoms with Crippen molar-refractivity contribution < 1.29 is 9.53 Å². The number of fused-ring (bicyclic) bond motifs is 1. The monoisotopic (exact) mass is 155 g/mol. The molecule has 2 aliphatic heterocycles. The Bertz CT molecular complexity index is 181. The molecule has 0 aromatic carbocycles. The minimum Gasteiger partial charge on any atom is -0.468 e. The summed E-state index contributed by atoms with van der Waals surface area (Å²) in [5, 5.41) is 0. The van der Waals surface area contributed by atoms with E-state index in [1.54, 1.807) is 0 Å². The third-order valence-electron chi connectivity index (χ3n) is 2.84. The second-order valence-corrected chi connectivity index (χ2v) is 3.30. The Morgan fingerprint density at radius 2 is 2.27 bits per heavy atom. The lowest BCUT2D eigenvalue weighted by Gasteiger charge is -2.37. The first-order chi connectivity index (χ1) is 5.33. The fraction of sp³-hybridized carbons (Fsp3) is 0.875. The molecule has 0 bridgehead atoms. The van der Waals surface area contributed by atoms with Crippen molar-refractivity contribution in [3.63, 3.8) is 0 Å². The van der Waals surface area contributed by atoms with E-state index >= 15 is 0 Å². The number of hydrogen-bond donors (Lipinski definition) is 0. The maximum Gasteiger partial charge on any atom is 0.323 e. The zero-order valence-electron chi connectivity index (χ0n) is 6.75. The van der Waals surface area contributed by atoms with Gasteiger partial charge < -0.3 is 4.74 Å². The van der Waals surface area contributed by atoms with Crippen molar-refractivity contribution in [3.8, 4) is 0 Å². The summed E-state index contributed by atoms with van der Waals surface area (Å²) < 4.78 is 4.71. The lowest BCUT2D eigenvalue weighted by atomic mass is 10.1. The van der Waals surface area contributed by atoms with Crippen LogP contribution in [0.1, 0.15) is 19.3 Å². The Labute approximate surface area is 66.3 Å². The Kier molecular flexibility index (Phi) is 1.60. The summed E-state index contributed by atoms with van der Waals surface area (Å²) >= 11 is 0. The molecule has 3 heteroatoms. The number of methoxy groups -OCH3 is 1. The second kappa shape index (κ2) is 2.48. The number of carbonyl (C=O) groups is 1. The van der Waals surface area contributed by atoms with Crippen LogP contribution in [0.25, 0.3) is 0 Å². The van der Waals surface area contributed by atoms with Crippen LogP contribution in [0.4, 0.5) is 0 Å². The SMILES string of the molecule is COC(=O)C1CCC2CCN21. The van der Waals surface area contributed by atoms with Gasteiger partial charge >= 0.3 is 5.97 Å². The number of esters is 1. The highest BCUT2D eigenvalue weighted by molar-refractivity contribution is 5.76. The van der Waals surface area contributed by atoms with Crippen LogP contribution in [0.3, 0.4) is 0 Å². The van der Waals surface area contributed by atoms with Crippen molar-refractivity contribution in [2.75, 3.05) is 13.7 Å². The van der Waals surface area contributed by atoms with Crippen LogP contribution >= 0.6 is 0 Å². The summed E-state index contributed by atoms with van der Waals surface area (Å²) in [5.74, 6) is -0.0489. The van der Waals surface area contributed by atoms with E-state index in [9.17, 15) is 4.79 Å². The Hall–Kier alpha value is -0.570. The van der Waals surface area contributed by atoms with E-state index in [0.29, 0.717) is 6.04 Å². The normalized spacial score (nSPS) is 36.1. The molecule has 3 nitrogen and oxygen atoms in total. The molecule has 0 aliphatic carbocycles. The lowest BCUT2D eigenvalue weighted by Crippen LogP contribution is -2.50. The first kappa shape index (κ1) is 7.10. The summed E-state index contributed by atoms with van der Waals surface area (Å²) in [6.45, 7) is 1.09. The van der Waals surface area contributed by atoms with Crippen LogP contribution in [-0.4, -0.2) is 36.6 Å². The Morgan fingerprint density at radius 1 is 1.45 bits per heavy atom. The Morgan fingerprint density at radius 3 is 2.73 bits per heavy atom. The van der Waals surface area contributed by atoms with Crippen LogP contribution in [0.15, 0.2) is 0 Å². The van der Waals surface area contributed by atoms with Gasteiger partial charge in [-0.1, -0.05) is 0 Å². The predicted molar refractivity (Wildman–Crippen MR) is 40.1 cm³/mol. The van der Waals surface area contributed by atoms with Crippen LogP contribution in [-0.2, 0) is 9.53 Å². The molecule has 11 heavy (non-hydrogen) atoms. The van der Waals surface area contributed by atoms with Crippen LogP contribution in [0.2, 0.25) is 0 Å². The molecule has 62 valence electrons. The molecule has 0 amide bonds. The fourth-order valence-electron chi connectivity index (χ4n) is 2.09. The maximum atomic E-state index is 11.1. The van der Waals surface area contributed by atoms with Crippen LogP contribution in [0, 0.1) is 0 Å². The molecule has 0 aromatic rings. The maximum absolute atomic E-state index is 11.1. The molecule has 2 fully saturated rings. The smallest absolute Gasteiger partial charge is 0.323 e. The molecular formula is C8H13NO2. The highest BCUT2D eigenvalue weighted by Gasteiger charge is 2.43. The summed E-state index contributed by atoms with van der Waals surface area (Å²) in [6, 6.07) is 0.776. The number of nitrogens with zero attached hydrogens (tertiary/aromatic N) is 1. The van der Waals surface area contributed by atoms with Crippen molar-refractivity contribution in [2.45, 2.75) is 31.3 Å². The second-order valence-electron chi connectivity index (χ2n) is 3.30. The van der Waals surface area contributed by atoms with Crippen molar-refractivity contribution in [1.29, 1.82) is 0 Å². The van der Waals surface area contributed by atoms with Gasteiger partial charge in [-0.25, -0.2) is 0 Å². The van der Waals surface area contributed by atoms with Gasteiger partial charge in [0.15, 0.2) is 0 Å². The van der Waals surface area contributed by atoms with E-state index < -0.39 is 0 Å². The van der Waals surface area contributed by atoms with E-state index in [1.807, 2.05) is 0 Å². The highest BCUT2D eigenvalue weighted by atomic mass is 16.5. The van der Waals surface area contributed by atoms with Crippen LogP contribution in [0.5, 0.6) is 0 Å². The molecule has 0 saturated carbocycles. The summed E-state index contributed by atoms with van der Waals surface area (Å²) in [6.07, 6.45) is 3.45. The van der Waals surface area contributed by atoms with Gasteiger partial charge in [-0.05, 0) is 19.3 Å². The summed E-state index contributed by atoms with van der Waals surface area (Å²) in [7, 11) is 1.47. The number of rotatable bonds is 1. The van der Waals surface area contributed by atoms with Gasteiger partial charge in [0.25, 0.3) is 0 Å². The molecule has 0 N–H and O–H groups in total. The average Bonchev–Trinajstić information content (AvgIpc) is 2.25. The molecular weight excluding hydrogens is 142 g/mol. The summed E-state index contributed by atoms with van der Waals surface area (Å²) in [5.41, 5.74) is 0. The molecule has 2 rings (SSSR count). The molecule has 2 aliphatic rings. The van der Waals surface area contributed by atoms with Gasteiger partial charge in [-0.2, -0.15) is 0 Å². The predicted octanol–water partition coefficient (Wildman–Crippen LogP) is 0.396. The third kappa shape index (κ3) is 0.948. The van der Waals surface area contributed by atoms with Crippen LogP contribution < -0.4 is 0 Å². The summed E-state index contributed by atoms with van der Waals surface area (Å²) in [4.78, 5) is 13.4. The van der Waals surface area contributed by atoms with Crippen molar-refractivity contribution in [1.82, 2.24) is 4.90 Å². The van der Waals surface area contributed by atoms with E-state index in [2.05, 4.69) is 4.90 Å². The van der Waals surface area contributed by atoms with Gasteiger partial charge in [0.05, 0.1) is 7.11 Å². The standard InChI is InChI=1S/C8H13NO2/c1-11-8(10)7-3-2-6-4-5-9(6)7/h6-7H,2-5H2,1H3. The first-order valence-electron chi connectivity index (χ1n) is 4.16. The fourth-order valence-corrected chi connectivity index (χ4v) is 2.09. The van der Waals surface area contributed by atoms with E-state index in [1.165, 1.54) is 20.0 Å². The minimum absolute atomic E-state index is 0.0489. The third-order valence-corrected chi connectivity index (χ3v) is 2.84. The molecule has 2 atom stereocenters. The lowest BCUT2D eigenvalue weighted by molar-refractivity contribution is -0.147. The van der Waals surface area contributed by atoms with Crippen molar-refractivity contribution in [2.24, 2.45) is 0 Å². The number of hydrogen-bond acceptors (Lipinski definition) is 3. The molecule has 0 spiro atoms. The minimum atomic E-state index is -0.0489. The average molecular weight is 155 g/mol. The first-order valence-corrected chi connectivity index (χ1v) is 4.16. The van der Waals surface area contributed by atoms with Crippen molar-refractivity contribution >= 4 is 5.97 Å². The largest absolute Gasteiger partial charge is 0.468 e. The van der Waals surface area contributed by atoms with Gasteiger partial charge in [0, 0.05) is 12.6 Å².